The van der Waals surface area contributed by atoms with Crippen molar-refractivity contribution in [2.45, 2.75) is 30.6 Å². The molecule has 29 heavy (non-hydrogen) atoms. The van der Waals surface area contributed by atoms with Crippen molar-refractivity contribution in [2.75, 3.05) is 37.4 Å². The van der Waals surface area contributed by atoms with Crippen LogP contribution in [0.4, 0.5) is 11.4 Å². The number of nitrogens with zero attached hydrogens (tertiary/aromatic N) is 2. The van der Waals surface area contributed by atoms with Crippen LogP contribution in [0.2, 0.25) is 5.02 Å². The van der Waals surface area contributed by atoms with Crippen LogP contribution in [-0.2, 0) is 10.0 Å². The molecule has 0 aromatic heterocycles. The van der Waals surface area contributed by atoms with Gasteiger partial charge in [-0.05, 0) is 55.3 Å². The average molecular weight is 436 g/mol. The van der Waals surface area contributed by atoms with Crippen molar-refractivity contribution < 1.29 is 13.2 Å². The summed E-state index contributed by atoms with van der Waals surface area (Å²) in [6, 6.07) is 11.8. The summed E-state index contributed by atoms with van der Waals surface area (Å²) in [6.07, 6.45) is 4.94. The van der Waals surface area contributed by atoms with Crippen molar-refractivity contribution in [1.29, 1.82) is 0 Å². The van der Waals surface area contributed by atoms with Crippen LogP contribution in [0.25, 0.3) is 0 Å². The standard InChI is InChI=1S/C21H26ClN3O3S/c1-24(2)29(27,28)18-11-12-20(22)19(15-18)21(26)23-16-7-9-17(10-8-16)25-13-5-3-4-6-14-25/h7-12,15H,3-6,13-14H2,1-2H3,(H,23,26). The van der Waals surface area contributed by atoms with Crippen LogP contribution in [0.5, 0.6) is 0 Å². The second-order valence-corrected chi connectivity index (χ2v) is 9.89. The third kappa shape index (κ3) is 5.10. The lowest BCUT2D eigenvalue weighted by Crippen LogP contribution is -2.23. The molecule has 0 saturated carbocycles. The van der Waals surface area contributed by atoms with E-state index in [4.69, 9.17) is 11.6 Å². The minimum Gasteiger partial charge on any atom is -0.372 e. The maximum Gasteiger partial charge on any atom is 0.257 e. The molecule has 1 fully saturated rings. The summed E-state index contributed by atoms with van der Waals surface area (Å²) in [4.78, 5) is 15.1. The van der Waals surface area contributed by atoms with Gasteiger partial charge in [0.15, 0.2) is 0 Å². The number of carbonyl (C=O) groups is 1. The largest absolute Gasteiger partial charge is 0.372 e. The van der Waals surface area contributed by atoms with Gasteiger partial charge in [0, 0.05) is 38.6 Å². The smallest absolute Gasteiger partial charge is 0.257 e. The van der Waals surface area contributed by atoms with E-state index in [9.17, 15) is 13.2 Å². The summed E-state index contributed by atoms with van der Waals surface area (Å²) >= 11 is 6.15. The van der Waals surface area contributed by atoms with Gasteiger partial charge in [0.25, 0.3) is 5.91 Å². The van der Waals surface area contributed by atoms with E-state index in [1.807, 2.05) is 24.3 Å². The normalized spacial score (nSPS) is 15.2. The topological polar surface area (TPSA) is 69.7 Å². The molecular weight excluding hydrogens is 410 g/mol. The number of halogens is 1. The van der Waals surface area contributed by atoms with E-state index in [0.717, 1.165) is 23.1 Å². The number of carbonyl (C=O) groups excluding carboxylic acids is 1. The van der Waals surface area contributed by atoms with Crippen LogP contribution in [-0.4, -0.2) is 45.8 Å². The molecule has 0 unspecified atom stereocenters. The van der Waals surface area contributed by atoms with Crippen LogP contribution in [0, 0.1) is 0 Å². The molecule has 2 aromatic rings. The zero-order chi connectivity index (χ0) is 21.0. The first-order valence-electron chi connectivity index (χ1n) is 9.67. The third-order valence-electron chi connectivity index (χ3n) is 5.06. The Hall–Kier alpha value is -2.09. The fourth-order valence-electron chi connectivity index (χ4n) is 3.33. The maximum atomic E-state index is 12.7. The summed E-state index contributed by atoms with van der Waals surface area (Å²) < 4.78 is 25.8. The molecule has 0 aliphatic carbocycles. The molecule has 0 bridgehead atoms. The lowest BCUT2D eigenvalue weighted by molar-refractivity contribution is 0.102. The van der Waals surface area contributed by atoms with Crippen LogP contribution in [0.15, 0.2) is 47.4 Å². The van der Waals surface area contributed by atoms with E-state index in [2.05, 4.69) is 10.2 Å². The fraction of sp³-hybridized carbons (Fsp3) is 0.381. The van der Waals surface area contributed by atoms with Crippen molar-refractivity contribution in [2.24, 2.45) is 0 Å². The lowest BCUT2D eigenvalue weighted by Gasteiger charge is -2.22. The van der Waals surface area contributed by atoms with Gasteiger partial charge in [-0.25, -0.2) is 12.7 Å². The first kappa shape index (κ1) is 21.6. The Labute approximate surface area is 177 Å². The minimum absolute atomic E-state index is 0.0218. The van der Waals surface area contributed by atoms with Crippen LogP contribution >= 0.6 is 11.6 Å². The first-order valence-corrected chi connectivity index (χ1v) is 11.5. The molecule has 1 amide bonds. The Morgan fingerprint density at radius 3 is 2.21 bits per heavy atom. The van der Waals surface area contributed by atoms with Gasteiger partial charge in [0.1, 0.15) is 0 Å². The van der Waals surface area contributed by atoms with Gasteiger partial charge in [-0.2, -0.15) is 0 Å². The van der Waals surface area contributed by atoms with Crippen molar-refractivity contribution in [3.05, 3.63) is 53.1 Å². The highest BCUT2D eigenvalue weighted by Crippen LogP contribution is 2.25. The summed E-state index contributed by atoms with van der Waals surface area (Å²) in [6.45, 7) is 2.10. The number of amides is 1. The first-order chi connectivity index (χ1) is 13.8. The molecule has 0 atom stereocenters. The van der Waals surface area contributed by atoms with Gasteiger partial charge < -0.3 is 10.2 Å². The molecule has 1 saturated heterocycles. The SMILES string of the molecule is CN(C)S(=O)(=O)c1ccc(Cl)c(C(=O)Nc2ccc(N3CCCCCC3)cc2)c1. The Morgan fingerprint density at radius 1 is 1.00 bits per heavy atom. The van der Waals surface area contributed by atoms with Gasteiger partial charge in [-0.1, -0.05) is 24.4 Å². The molecule has 156 valence electrons. The number of sulfonamides is 1. The number of benzene rings is 2. The average Bonchev–Trinajstić information content (AvgIpc) is 2.98. The van der Waals surface area contributed by atoms with E-state index < -0.39 is 15.9 Å². The summed E-state index contributed by atoms with van der Waals surface area (Å²) in [5.74, 6) is -0.451. The van der Waals surface area contributed by atoms with Crippen LogP contribution in [0.3, 0.4) is 0 Å². The Kier molecular flexibility index (Phi) is 6.82. The summed E-state index contributed by atoms with van der Waals surface area (Å²) in [5.41, 5.74) is 1.89. The second-order valence-electron chi connectivity index (χ2n) is 7.33. The molecule has 3 rings (SSSR count). The molecule has 8 heteroatoms. The molecule has 0 spiro atoms. The minimum atomic E-state index is -3.65. The van der Waals surface area contributed by atoms with Crippen LogP contribution in [0.1, 0.15) is 36.0 Å². The summed E-state index contributed by atoms with van der Waals surface area (Å²) in [7, 11) is -0.774. The van der Waals surface area contributed by atoms with Gasteiger partial charge in [0.05, 0.1) is 15.5 Å². The number of anilines is 2. The maximum absolute atomic E-state index is 12.7. The quantitative estimate of drug-likeness (QED) is 0.763. The highest BCUT2D eigenvalue weighted by atomic mass is 35.5. The van der Waals surface area contributed by atoms with Crippen LogP contribution < -0.4 is 10.2 Å². The van der Waals surface area contributed by atoms with Gasteiger partial charge in [0.2, 0.25) is 10.0 Å². The number of nitrogens with one attached hydrogen (secondary N) is 1. The van der Waals surface area contributed by atoms with Gasteiger partial charge >= 0.3 is 0 Å². The number of hydrogen-bond donors (Lipinski definition) is 1. The monoisotopic (exact) mass is 435 g/mol. The molecule has 6 nitrogen and oxygen atoms in total. The van der Waals surface area contributed by atoms with E-state index in [-0.39, 0.29) is 15.5 Å². The number of hydrogen-bond acceptors (Lipinski definition) is 4. The van der Waals surface area contributed by atoms with Gasteiger partial charge in [-0.15, -0.1) is 0 Å². The summed E-state index contributed by atoms with van der Waals surface area (Å²) in [5, 5.41) is 2.99. The number of rotatable bonds is 5. The molecule has 1 heterocycles. The predicted octanol–water partition coefficient (Wildman–Crippen LogP) is 4.22. The van der Waals surface area contributed by atoms with Crippen molar-refractivity contribution in [1.82, 2.24) is 4.31 Å². The van der Waals surface area contributed by atoms with E-state index >= 15 is 0 Å². The molecular formula is C21H26ClN3O3S. The molecule has 1 aliphatic heterocycles. The second kappa shape index (κ2) is 9.15. The Bertz CT molecular complexity index is 967. The van der Waals surface area contributed by atoms with Crippen molar-refractivity contribution in [3.63, 3.8) is 0 Å². The van der Waals surface area contributed by atoms with Crippen molar-refractivity contribution >= 4 is 38.9 Å². The van der Waals surface area contributed by atoms with E-state index in [1.54, 1.807) is 0 Å². The molecule has 0 radical (unpaired) electrons. The zero-order valence-electron chi connectivity index (χ0n) is 16.7. The highest BCUT2D eigenvalue weighted by molar-refractivity contribution is 7.89. The van der Waals surface area contributed by atoms with E-state index in [0.29, 0.717) is 5.69 Å². The fourth-order valence-corrected chi connectivity index (χ4v) is 4.46. The predicted molar refractivity (Wildman–Crippen MR) is 117 cm³/mol. The van der Waals surface area contributed by atoms with E-state index in [1.165, 1.54) is 58.0 Å². The van der Waals surface area contributed by atoms with Crippen molar-refractivity contribution in [3.8, 4) is 0 Å². The molecule has 1 aliphatic rings. The Morgan fingerprint density at radius 2 is 1.62 bits per heavy atom. The molecule has 1 N–H and O–H groups in total. The Balaban J connectivity index is 1.76. The zero-order valence-corrected chi connectivity index (χ0v) is 18.3. The van der Waals surface area contributed by atoms with Gasteiger partial charge in [-0.3, -0.25) is 4.79 Å². The highest BCUT2D eigenvalue weighted by Gasteiger charge is 2.21. The lowest BCUT2D eigenvalue weighted by atomic mass is 10.2. The molecule has 2 aromatic carbocycles. The third-order valence-corrected chi connectivity index (χ3v) is 7.20.